The van der Waals surface area contributed by atoms with E-state index in [9.17, 15) is 24.9 Å². The molecule has 1 aromatic carbocycles. The smallest absolute Gasteiger partial charge is 0.405 e. The number of nitrogens with one attached hydrogen (secondary N) is 1. The summed E-state index contributed by atoms with van der Waals surface area (Å²) in [6.07, 6.45) is 3.08. The number of aliphatic hydroxyl groups is 1. The van der Waals surface area contributed by atoms with Gasteiger partial charge in [0.1, 0.15) is 11.9 Å². The molecule has 9 N–H and O–H groups in total. The minimum Gasteiger partial charge on any atom is -0.505 e. The summed E-state index contributed by atoms with van der Waals surface area (Å²) in [5, 5.41) is 35.2. The van der Waals surface area contributed by atoms with Gasteiger partial charge in [0.2, 0.25) is 0 Å². The average molecular weight is 549 g/mol. The lowest BCUT2D eigenvalue weighted by atomic mass is 9.87. The maximum atomic E-state index is 12.8. The molecule has 0 radical (unpaired) electrons. The van der Waals surface area contributed by atoms with Gasteiger partial charge in [0.15, 0.2) is 17.5 Å². The monoisotopic (exact) mass is 548 g/mol. The highest BCUT2D eigenvalue weighted by atomic mass is 16.6. The third kappa shape index (κ3) is 8.30. The molecular weight excluding hydrogens is 506 g/mol. The van der Waals surface area contributed by atoms with Gasteiger partial charge in [0.05, 0.1) is 23.5 Å². The van der Waals surface area contributed by atoms with Gasteiger partial charge in [-0.1, -0.05) is 38.2 Å². The highest BCUT2D eigenvalue weighted by Crippen LogP contribution is 2.40. The Morgan fingerprint density at radius 1 is 1.18 bits per heavy atom. The Balaban J connectivity index is 2.62. The number of allylic oxidation sites excluding steroid dienone is 2. The van der Waals surface area contributed by atoms with Gasteiger partial charge >= 0.3 is 6.09 Å². The number of quaternary nitrogens is 1. The van der Waals surface area contributed by atoms with Crippen LogP contribution in [0.5, 0.6) is 11.5 Å². The lowest BCUT2D eigenvalue weighted by molar-refractivity contribution is -0.257. The van der Waals surface area contributed by atoms with E-state index in [-0.39, 0.29) is 28.8 Å². The number of fused-ring (bicyclic) bond motifs is 2. The van der Waals surface area contributed by atoms with Gasteiger partial charge in [-0.3, -0.25) is 4.79 Å². The van der Waals surface area contributed by atoms with Crippen LogP contribution in [0.2, 0.25) is 0 Å². The van der Waals surface area contributed by atoms with Gasteiger partial charge in [-0.2, -0.15) is 0 Å². The van der Waals surface area contributed by atoms with Crippen LogP contribution in [0.15, 0.2) is 41.5 Å². The summed E-state index contributed by atoms with van der Waals surface area (Å²) >= 11 is 0. The zero-order valence-corrected chi connectivity index (χ0v) is 23.4. The van der Waals surface area contributed by atoms with Gasteiger partial charge in [-0.05, 0) is 38.2 Å². The molecule has 0 unspecified atom stereocenters. The van der Waals surface area contributed by atoms with Crippen LogP contribution in [-0.4, -0.2) is 66.0 Å². The van der Waals surface area contributed by atoms with Gasteiger partial charge in [0, 0.05) is 31.8 Å². The second kappa shape index (κ2) is 14.1. The molecule has 0 saturated heterocycles. The molecule has 2 bridgehead atoms. The molecule has 0 fully saturated rings. The number of nitrogens with two attached hydrogens (primary N) is 1. The minimum absolute atomic E-state index is 0.0446. The third-order valence-electron chi connectivity index (χ3n) is 6.95. The van der Waals surface area contributed by atoms with E-state index in [4.69, 9.17) is 19.9 Å². The van der Waals surface area contributed by atoms with Gasteiger partial charge in [-0.25, -0.2) is 4.79 Å². The van der Waals surface area contributed by atoms with Crippen molar-refractivity contribution in [1.82, 2.24) is 0 Å². The fourth-order valence-electron chi connectivity index (χ4n) is 4.67. The normalized spacial score (nSPS) is 30.8. The molecule has 216 valence electrons. The van der Waals surface area contributed by atoms with Crippen molar-refractivity contribution in [3.8, 4) is 11.5 Å². The summed E-state index contributed by atoms with van der Waals surface area (Å²) in [6, 6.07) is 1.25. The second-order valence-corrected chi connectivity index (χ2v) is 10.1. The zero-order valence-electron chi connectivity index (χ0n) is 23.4. The highest BCUT2D eigenvalue weighted by Gasteiger charge is 2.30. The fourth-order valence-corrected chi connectivity index (χ4v) is 4.67. The van der Waals surface area contributed by atoms with E-state index in [1.807, 2.05) is 13.8 Å². The Hall–Kier alpha value is -3.38. The van der Waals surface area contributed by atoms with E-state index < -0.39 is 42.3 Å². The summed E-state index contributed by atoms with van der Waals surface area (Å²) < 4.78 is 16.5. The first-order valence-corrected chi connectivity index (χ1v) is 12.7. The van der Waals surface area contributed by atoms with E-state index >= 15 is 0 Å². The lowest BCUT2D eigenvalue weighted by Gasteiger charge is -2.29. The summed E-state index contributed by atoms with van der Waals surface area (Å²) in [5.74, 6) is -1.38. The highest BCUT2D eigenvalue weighted by molar-refractivity contribution is 6.04. The number of aliphatic hydroxyl groups excluding tert-OH is 1. The van der Waals surface area contributed by atoms with Crippen molar-refractivity contribution in [3.63, 3.8) is 0 Å². The molecule has 0 aliphatic carbocycles. The van der Waals surface area contributed by atoms with Crippen molar-refractivity contribution in [3.05, 3.63) is 47.1 Å². The molecule has 6 atom stereocenters. The molecule has 0 aromatic heterocycles. The summed E-state index contributed by atoms with van der Waals surface area (Å²) in [6.45, 7) is 7.07. The Morgan fingerprint density at radius 2 is 1.85 bits per heavy atom. The maximum Gasteiger partial charge on any atom is 0.405 e. The van der Waals surface area contributed by atoms with Crippen LogP contribution in [-0.2, 0) is 25.4 Å². The van der Waals surface area contributed by atoms with Crippen LogP contribution in [0.3, 0.4) is 0 Å². The molecule has 1 aromatic rings. The summed E-state index contributed by atoms with van der Waals surface area (Å²) in [7, 11) is 2.95. The number of rotatable bonds is 3. The quantitative estimate of drug-likeness (QED) is 0.189. The number of anilines is 1. The largest absolute Gasteiger partial charge is 0.505 e. The minimum atomic E-state index is -0.987. The van der Waals surface area contributed by atoms with Crippen LogP contribution in [0.1, 0.15) is 39.7 Å². The Morgan fingerprint density at radius 3 is 2.44 bits per heavy atom. The topological polar surface area (TPSA) is 188 Å². The number of benzene rings is 1. The van der Waals surface area contributed by atoms with Crippen molar-refractivity contribution >= 4 is 23.4 Å². The predicted octanol–water partition coefficient (Wildman–Crippen LogP) is 2.43. The molecule has 1 aliphatic heterocycles. The summed E-state index contributed by atoms with van der Waals surface area (Å²) in [4.78, 5) is 24.5. The number of phenolic OH excluding ortho intramolecular Hbond substituents is 2. The van der Waals surface area contributed by atoms with Crippen molar-refractivity contribution < 1.29 is 44.9 Å². The van der Waals surface area contributed by atoms with Crippen molar-refractivity contribution in [1.29, 1.82) is 0 Å². The third-order valence-corrected chi connectivity index (χ3v) is 6.95. The molecule has 2 amide bonds. The van der Waals surface area contributed by atoms with E-state index in [0.717, 1.165) is 0 Å². The number of methoxy groups -OCH3 is 2. The van der Waals surface area contributed by atoms with Gasteiger partial charge < -0.3 is 46.3 Å². The van der Waals surface area contributed by atoms with E-state index in [0.29, 0.717) is 29.6 Å². The first-order chi connectivity index (χ1) is 18.3. The van der Waals surface area contributed by atoms with Crippen molar-refractivity contribution in [2.45, 2.75) is 65.0 Å². The standard InChI is InChI=1S/C28H41N3O8/c1-14-10-18-23(29)20(32)13-19(25(18)34)31-27(35)15(2)8-7-9-21(37-5)26(39-28(30)36)17(4)12-16(3)24(33)22(11-14)38-6/h7-9,12-14,16,21-22,24,26,32-34H,10-11,29H2,1-6H3,(H2,30,36)(H,31,35)/p+1/b9-7-,15-8+,17-12+/t14-,16+,21+,22+,24-,26+/m1/s1. The average Bonchev–Trinajstić information content (AvgIpc) is 2.88. The van der Waals surface area contributed by atoms with Crippen LogP contribution in [0.25, 0.3) is 0 Å². The van der Waals surface area contributed by atoms with Gasteiger partial charge in [-0.15, -0.1) is 0 Å². The molecular formula is C28H42N3O8+. The Bertz CT molecular complexity index is 1130. The first-order valence-electron chi connectivity index (χ1n) is 12.7. The van der Waals surface area contributed by atoms with Crippen LogP contribution in [0, 0.1) is 11.8 Å². The lowest BCUT2D eigenvalue weighted by Crippen LogP contribution is -2.42. The van der Waals surface area contributed by atoms with Crippen molar-refractivity contribution in [2.75, 3.05) is 19.5 Å². The van der Waals surface area contributed by atoms with Crippen LogP contribution >= 0.6 is 0 Å². The number of amides is 2. The zero-order chi connectivity index (χ0) is 29.4. The first kappa shape index (κ1) is 31.8. The molecule has 11 heteroatoms. The number of hydrogen-bond donors (Lipinski definition) is 6. The number of ether oxygens (including phenoxy) is 3. The van der Waals surface area contributed by atoms with E-state index in [1.54, 1.807) is 32.1 Å². The summed E-state index contributed by atoms with van der Waals surface area (Å²) in [5.41, 5.74) is 10.8. The fraction of sp³-hybridized carbons (Fsp3) is 0.500. The molecule has 1 heterocycles. The predicted molar refractivity (Wildman–Crippen MR) is 146 cm³/mol. The Kier molecular flexibility index (Phi) is 11.5. The number of primary amides is 1. The molecule has 0 spiro atoms. The van der Waals surface area contributed by atoms with Crippen molar-refractivity contribution in [2.24, 2.45) is 17.6 Å². The number of aromatic hydroxyl groups is 2. The molecule has 2 rings (SSSR count). The number of carbonyl (C=O) groups excluding carboxylic acids is 2. The van der Waals surface area contributed by atoms with Crippen LogP contribution in [0.4, 0.5) is 16.2 Å². The molecule has 11 nitrogen and oxygen atoms in total. The Labute approximate surface area is 229 Å². The number of hydrogen-bond acceptors (Lipinski definition) is 8. The van der Waals surface area contributed by atoms with Crippen LogP contribution < -0.4 is 16.8 Å². The molecule has 39 heavy (non-hydrogen) atoms. The number of carbonyl (C=O) groups is 2. The maximum absolute atomic E-state index is 12.8. The second-order valence-electron chi connectivity index (χ2n) is 10.1. The van der Waals surface area contributed by atoms with Gasteiger partial charge in [0.25, 0.3) is 5.91 Å². The molecule has 0 saturated carbocycles. The number of phenols is 2. The van der Waals surface area contributed by atoms with E-state index in [2.05, 4.69) is 11.1 Å². The SMILES string of the molecule is CO[C@H]1/C=C\C=C(/C)C(=O)Nc2cc(O)c([NH3+])c(c2O)C[C@@H](C)C[C@H](OC)[C@H](O)[C@@H](C)/C=C(\C)[C@@H]1OC(N)=O. The molecule has 1 aliphatic rings. The van der Waals surface area contributed by atoms with E-state index in [1.165, 1.54) is 26.4 Å².